The third-order valence-electron chi connectivity index (χ3n) is 2.84. The normalized spacial score (nSPS) is 13.4. The molecule has 1 aliphatic rings. The zero-order valence-corrected chi connectivity index (χ0v) is 11.5. The maximum Gasteiger partial charge on any atom is 0.232 e. The molecule has 8 heteroatoms. The summed E-state index contributed by atoms with van der Waals surface area (Å²) in [6.45, 7) is 0.232. The molecule has 7 nitrogen and oxygen atoms in total. The molecule has 0 amide bonds. The second kappa shape index (κ2) is 4.71. The molecule has 1 aliphatic heterocycles. The highest BCUT2D eigenvalue weighted by atomic mass is 32.2. The van der Waals surface area contributed by atoms with Crippen molar-refractivity contribution in [1.29, 1.82) is 0 Å². The Morgan fingerprint density at radius 1 is 1.25 bits per heavy atom. The Morgan fingerprint density at radius 3 is 2.75 bits per heavy atom. The van der Waals surface area contributed by atoms with Crippen LogP contribution in [-0.2, 0) is 16.6 Å². The minimum atomic E-state index is -3.46. The molecule has 0 atom stereocenters. The van der Waals surface area contributed by atoms with Crippen molar-refractivity contribution in [1.82, 2.24) is 5.16 Å². The fraction of sp³-hybridized carbons (Fsp3) is 0.250. The van der Waals surface area contributed by atoms with Crippen LogP contribution in [0.1, 0.15) is 5.69 Å². The van der Waals surface area contributed by atoms with Crippen LogP contribution in [-0.4, -0.2) is 26.6 Å². The minimum Gasteiger partial charge on any atom is -0.454 e. The summed E-state index contributed by atoms with van der Waals surface area (Å²) in [5, 5.41) is 3.73. The van der Waals surface area contributed by atoms with Crippen LogP contribution in [0.15, 0.2) is 35.1 Å². The summed E-state index contributed by atoms with van der Waals surface area (Å²) in [5.74, 6) is 1.12. The largest absolute Gasteiger partial charge is 0.454 e. The van der Waals surface area contributed by atoms with Gasteiger partial charge in [0.05, 0.1) is 18.5 Å². The van der Waals surface area contributed by atoms with Crippen molar-refractivity contribution in [3.05, 3.63) is 36.2 Å². The number of hydrogen-bond donors (Lipinski definition) is 0. The second-order valence-corrected chi connectivity index (χ2v) is 6.20. The molecule has 0 radical (unpaired) electrons. The standard InChI is InChI=1S/C12H12N2O5S/c1-20(15,16)14(7-9-4-5-19-13-9)10-2-3-11-12(6-10)18-8-17-11/h2-6H,7-8H2,1H3. The Balaban J connectivity index is 1.97. The molecule has 1 aromatic heterocycles. The molecule has 3 rings (SSSR count). The van der Waals surface area contributed by atoms with Crippen LogP contribution in [0.5, 0.6) is 11.5 Å². The molecule has 0 bridgehead atoms. The van der Waals surface area contributed by atoms with Gasteiger partial charge in [-0.15, -0.1) is 0 Å². The van der Waals surface area contributed by atoms with Crippen LogP contribution in [0.4, 0.5) is 5.69 Å². The number of sulfonamides is 1. The first-order chi connectivity index (χ1) is 9.54. The highest BCUT2D eigenvalue weighted by molar-refractivity contribution is 7.92. The lowest BCUT2D eigenvalue weighted by atomic mass is 10.2. The smallest absolute Gasteiger partial charge is 0.232 e. The number of benzene rings is 1. The van der Waals surface area contributed by atoms with E-state index in [4.69, 9.17) is 14.0 Å². The summed E-state index contributed by atoms with van der Waals surface area (Å²) < 4.78 is 40.3. The lowest BCUT2D eigenvalue weighted by Crippen LogP contribution is -2.29. The van der Waals surface area contributed by atoms with E-state index in [1.807, 2.05) is 0 Å². The Hall–Kier alpha value is -2.22. The van der Waals surface area contributed by atoms with Gasteiger partial charge >= 0.3 is 0 Å². The van der Waals surface area contributed by atoms with E-state index < -0.39 is 10.0 Å². The summed E-state index contributed by atoms with van der Waals surface area (Å²) in [4.78, 5) is 0. The SMILES string of the molecule is CS(=O)(=O)N(Cc1ccon1)c1ccc2c(c1)OCO2. The van der Waals surface area contributed by atoms with Crippen molar-refractivity contribution in [3.8, 4) is 11.5 Å². The Labute approximate surface area is 115 Å². The molecule has 0 saturated carbocycles. The van der Waals surface area contributed by atoms with Gasteiger partial charge in [0.2, 0.25) is 16.8 Å². The Bertz CT molecular complexity index is 711. The summed E-state index contributed by atoms with van der Waals surface area (Å²) in [6.07, 6.45) is 2.53. The van der Waals surface area contributed by atoms with E-state index in [-0.39, 0.29) is 13.3 Å². The van der Waals surface area contributed by atoms with Gasteiger partial charge in [0.15, 0.2) is 11.5 Å². The maximum atomic E-state index is 12.0. The fourth-order valence-electron chi connectivity index (χ4n) is 1.91. The van der Waals surface area contributed by atoms with Crippen molar-refractivity contribution in [2.75, 3.05) is 17.4 Å². The van der Waals surface area contributed by atoms with Gasteiger partial charge in [0.25, 0.3) is 0 Å². The topological polar surface area (TPSA) is 81.9 Å². The van der Waals surface area contributed by atoms with E-state index in [1.54, 1.807) is 24.3 Å². The monoisotopic (exact) mass is 296 g/mol. The first-order valence-corrected chi connectivity index (χ1v) is 7.65. The van der Waals surface area contributed by atoms with E-state index in [0.717, 1.165) is 6.26 Å². The van der Waals surface area contributed by atoms with Crippen LogP contribution >= 0.6 is 0 Å². The second-order valence-electron chi connectivity index (χ2n) is 4.30. The molecule has 2 aromatic rings. The van der Waals surface area contributed by atoms with Gasteiger partial charge in [-0.1, -0.05) is 5.16 Å². The maximum absolute atomic E-state index is 12.0. The molecule has 20 heavy (non-hydrogen) atoms. The van der Waals surface area contributed by atoms with E-state index in [1.165, 1.54) is 10.6 Å². The number of anilines is 1. The van der Waals surface area contributed by atoms with Crippen LogP contribution in [0.2, 0.25) is 0 Å². The zero-order chi connectivity index (χ0) is 14.2. The molecule has 0 fully saturated rings. The van der Waals surface area contributed by atoms with Gasteiger partial charge in [-0.25, -0.2) is 8.42 Å². The van der Waals surface area contributed by atoms with E-state index >= 15 is 0 Å². The third kappa shape index (κ3) is 2.42. The van der Waals surface area contributed by atoms with E-state index in [2.05, 4.69) is 5.16 Å². The number of hydrogen-bond acceptors (Lipinski definition) is 6. The lowest BCUT2D eigenvalue weighted by molar-refractivity contribution is 0.174. The fourth-order valence-corrected chi connectivity index (χ4v) is 2.77. The number of rotatable bonds is 4. The van der Waals surface area contributed by atoms with E-state index in [0.29, 0.717) is 22.9 Å². The molecule has 0 unspecified atom stereocenters. The predicted octanol–water partition coefficient (Wildman–Crippen LogP) is 1.37. The highest BCUT2D eigenvalue weighted by Crippen LogP contribution is 2.36. The number of fused-ring (bicyclic) bond motifs is 1. The van der Waals surface area contributed by atoms with Crippen molar-refractivity contribution in [3.63, 3.8) is 0 Å². The molecule has 0 aliphatic carbocycles. The van der Waals surface area contributed by atoms with Gasteiger partial charge < -0.3 is 14.0 Å². The third-order valence-corrected chi connectivity index (χ3v) is 3.98. The molecule has 106 valence electrons. The van der Waals surface area contributed by atoms with Gasteiger partial charge in [0, 0.05) is 12.1 Å². The first-order valence-electron chi connectivity index (χ1n) is 5.81. The summed E-state index contributed by atoms with van der Waals surface area (Å²) >= 11 is 0. The van der Waals surface area contributed by atoms with Crippen LogP contribution in [0.3, 0.4) is 0 Å². The average molecular weight is 296 g/mol. The van der Waals surface area contributed by atoms with Gasteiger partial charge in [0.1, 0.15) is 12.0 Å². The molecule has 1 aromatic carbocycles. The number of ether oxygens (including phenoxy) is 2. The van der Waals surface area contributed by atoms with E-state index in [9.17, 15) is 8.42 Å². The zero-order valence-electron chi connectivity index (χ0n) is 10.6. The molecular weight excluding hydrogens is 284 g/mol. The highest BCUT2D eigenvalue weighted by Gasteiger charge is 2.22. The summed E-state index contributed by atoms with van der Waals surface area (Å²) in [5.41, 5.74) is 1.01. The van der Waals surface area contributed by atoms with Gasteiger partial charge in [-0.2, -0.15) is 0 Å². The van der Waals surface area contributed by atoms with Crippen LogP contribution in [0.25, 0.3) is 0 Å². The quantitative estimate of drug-likeness (QED) is 0.847. The summed E-state index contributed by atoms with van der Waals surface area (Å²) in [6, 6.07) is 6.59. The first kappa shape index (κ1) is 12.8. The van der Waals surface area contributed by atoms with Crippen molar-refractivity contribution >= 4 is 15.7 Å². The Morgan fingerprint density at radius 2 is 2.05 bits per heavy atom. The molecule has 0 N–H and O–H groups in total. The minimum absolute atomic E-state index is 0.0922. The molecular formula is C12H12N2O5S. The predicted molar refractivity (Wildman–Crippen MR) is 70.1 cm³/mol. The van der Waals surface area contributed by atoms with Crippen molar-refractivity contribution < 1.29 is 22.4 Å². The van der Waals surface area contributed by atoms with Crippen molar-refractivity contribution in [2.45, 2.75) is 6.54 Å². The molecule has 0 spiro atoms. The number of aromatic nitrogens is 1. The van der Waals surface area contributed by atoms with Crippen LogP contribution < -0.4 is 13.8 Å². The lowest BCUT2D eigenvalue weighted by Gasteiger charge is -2.21. The molecule has 2 heterocycles. The molecule has 0 saturated heterocycles. The van der Waals surface area contributed by atoms with Gasteiger partial charge in [-0.3, -0.25) is 4.31 Å². The summed E-state index contributed by atoms with van der Waals surface area (Å²) in [7, 11) is -3.46. The number of nitrogens with zero attached hydrogens (tertiary/aromatic N) is 2. The van der Waals surface area contributed by atoms with Crippen LogP contribution in [0, 0.1) is 0 Å². The average Bonchev–Trinajstić information content (AvgIpc) is 3.05. The van der Waals surface area contributed by atoms with Gasteiger partial charge in [-0.05, 0) is 12.1 Å². The van der Waals surface area contributed by atoms with Crippen molar-refractivity contribution in [2.24, 2.45) is 0 Å². The Kier molecular flexibility index (Phi) is 3.01.